The summed E-state index contributed by atoms with van der Waals surface area (Å²) in [6, 6.07) is 5.66. The average molecular weight is 263 g/mol. The van der Waals surface area contributed by atoms with Crippen molar-refractivity contribution < 1.29 is 9.53 Å². The molecule has 1 fully saturated rings. The van der Waals surface area contributed by atoms with Gasteiger partial charge in [0.1, 0.15) is 6.04 Å². The predicted octanol–water partition coefficient (Wildman–Crippen LogP) is 0.727. The highest BCUT2D eigenvalue weighted by Crippen LogP contribution is 2.06. The number of pyridine rings is 1. The van der Waals surface area contributed by atoms with Crippen molar-refractivity contribution in [3.05, 3.63) is 29.6 Å². The predicted molar refractivity (Wildman–Crippen MR) is 72.7 cm³/mol. The second-order valence-corrected chi connectivity index (χ2v) is 4.70. The summed E-state index contributed by atoms with van der Waals surface area (Å²) in [5, 5.41) is 3.19. The van der Waals surface area contributed by atoms with E-state index in [-0.39, 0.29) is 11.9 Å². The Labute approximate surface area is 114 Å². The highest BCUT2D eigenvalue weighted by molar-refractivity contribution is 5.82. The molecule has 5 heteroatoms. The number of carbonyl (C=O) groups excluding carboxylic acids is 1. The first-order chi connectivity index (χ1) is 9.20. The maximum absolute atomic E-state index is 12.4. The van der Waals surface area contributed by atoms with Crippen LogP contribution < -0.4 is 5.32 Å². The lowest BCUT2D eigenvalue weighted by molar-refractivity contribution is -0.136. The summed E-state index contributed by atoms with van der Waals surface area (Å²) >= 11 is 0. The van der Waals surface area contributed by atoms with Crippen LogP contribution in [0, 0.1) is 6.92 Å². The summed E-state index contributed by atoms with van der Waals surface area (Å²) in [6.07, 6.45) is 0. The molecule has 104 valence electrons. The molecule has 0 aromatic carbocycles. The van der Waals surface area contributed by atoms with E-state index in [1.54, 1.807) is 0 Å². The molecule has 0 radical (unpaired) electrons. The van der Waals surface area contributed by atoms with Crippen molar-refractivity contribution in [3.63, 3.8) is 0 Å². The van der Waals surface area contributed by atoms with E-state index in [1.807, 2.05) is 36.9 Å². The first-order valence-electron chi connectivity index (χ1n) is 6.73. The molecular formula is C14H21N3O2. The van der Waals surface area contributed by atoms with Gasteiger partial charge in [-0.25, -0.2) is 0 Å². The van der Waals surface area contributed by atoms with Crippen LogP contribution in [0.4, 0.5) is 0 Å². The Morgan fingerprint density at radius 1 is 1.58 bits per heavy atom. The van der Waals surface area contributed by atoms with Crippen molar-refractivity contribution >= 4 is 5.91 Å². The second kappa shape index (κ2) is 6.63. The van der Waals surface area contributed by atoms with E-state index < -0.39 is 0 Å². The fourth-order valence-electron chi connectivity index (χ4n) is 2.17. The Morgan fingerprint density at radius 2 is 2.42 bits per heavy atom. The molecule has 1 unspecified atom stereocenters. The molecule has 1 N–H and O–H groups in total. The van der Waals surface area contributed by atoms with Gasteiger partial charge in [0.05, 0.1) is 25.5 Å². The summed E-state index contributed by atoms with van der Waals surface area (Å²) in [5.41, 5.74) is 1.90. The molecule has 1 aliphatic rings. The fraction of sp³-hybridized carbons (Fsp3) is 0.571. The Bertz CT molecular complexity index is 430. The quantitative estimate of drug-likeness (QED) is 0.870. The third-order valence-corrected chi connectivity index (χ3v) is 3.21. The third-order valence-electron chi connectivity index (χ3n) is 3.21. The number of morpholine rings is 1. The SMILES string of the molecule is CCN(Cc1cccc(C)n1)C(=O)C1COCCN1. The number of amides is 1. The Balaban J connectivity index is 2.00. The fourth-order valence-corrected chi connectivity index (χ4v) is 2.17. The highest BCUT2D eigenvalue weighted by atomic mass is 16.5. The molecule has 19 heavy (non-hydrogen) atoms. The zero-order valence-electron chi connectivity index (χ0n) is 11.6. The van der Waals surface area contributed by atoms with Crippen LogP contribution in [0.5, 0.6) is 0 Å². The number of likely N-dealkylation sites (N-methyl/N-ethyl adjacent to an activating group) is 1. The smallest absolute Gasteiger partial charge is 0.242 e. The molecule has 0 saturated carbocycles. The lowest BCUT2D eigenvalue weighted by Crippen LogP contribution is -2.52. The summed E-state index contributed by atoms with van der Waals surface area (Å²) in [5.74, 6) is 0.0884. The van der Waals surface area contributed by atoms with Gasteiger partial charge in [-0.3, -0.25) is 9.78 Å². The number of hydrogen-bond acceptors (Lipinski definition) is 4. The number of rotatable bonds is 4. The minimum absolute atomic E-state index is 0.0884. The van der Waals surface area contributed by atoms with Crippen LogP contribution in [-0.2, 0) is 16.1 Å². The molecule has 2 rings (SSSR count). The van der Waals surface area contributed by atoms with Crippen molar-refractivity contribution in [1.29, 1.82) is 0 Å². The minimum atomic E-state index is -0.224. The monoisotopic (exact) mass is 263 g/mol. The van der Waals surface area contributed by atoms with Crippen molar-refractivity contribution in [2.75, 3.05) is 26.3 Å². The highest BCUT2D eigenvalue weighted by Gasteiger charge is 2.25. The molecular weight excluding hydrogens is 242 g/mol. The van der Waals surface area contributed by atoms with E-state index >= 15 is 0 Å². The van der Waals surface area contributed by atoms with Crippen LogP contribution >= 0.6 is 0 Å². The molecule has 5 nitrogen and oxygen atoms in total. The number of carbonyl (C=O) groups is 1. The van der Waals surface area contributed by atoms with Gasteiger partial charge in [0.25, 0.3) is 0 Å². The number of nitrogens with one attached hydrogen (secondary N) is 1. The standard InChI is InChI=1S/C14H21N3O2/c1-3-17(9-12-6-4-5-11(2)16-12)14(18)13-10-19-8-7-15-13/h4-6,13,15H,3,7-10H2,1-2H3. The zero-order chi connectivity index (χ0) is 13.7. The Hall–Kier alpha value is -1.46. The maximum atomic E-state index is 12.4. The van der Waals surface area contributed by atoms with E-state index in [4.69, 9.17) is 4.74 Å². The van der Waals surface area contributed by atoms with E-state index in [9.17, 15) is 4.79 Å². The van der Waals surface area contributed by atoms with Gasteiger partial charge in [-0.15, -0.1) is 0 Å². The summed E-state index contributed by atoms with van der Waals surface area (Å²) < 4.78 is 5.34. The van der Waals surface area contributed by atoms with Gasteiger partial charge in [-0.05, 0) is 26.0 Å². The lowest BCUT2D eigenvalue weighted by Gasteiger charge is -2.29. The summed E-state index contributed by atoms with van der Waals surface area (Å²) in [7, 11) is 0. The van der Waals surface area contributed by atoms with Crippen molar-refractivity contribution in [1.82, 2.24) is 15.2 Å². The van der Waals surface area contributed by atoms with Gasteiger partial charge < -0.3 is 15.0 Å². The molecule has 1 aromatic heterocycles. The molecule has 0 spiro atoms. The van der Waals surface area contributed by atoms with Crippen molar-refractivity contribution in [2.45, 2.75) is 26.4 Å². The lowest BCUT2D eigenvalue weighted by atomic mass is 10.2. The van der Waals surface area contributed by atoms with Crippen LogP contribution in [0.3, 0.4) is 0 Å². The zero-order valence-corrected chi connectivity index (χ0v) is 11.6. The normalized spacial score (nSPS) is 19.2. The number of aryl methyl sites for hydroxylation is 1. The number of aromatic nitrogens is 1. The van der Waals surface area contributed by atoms with E-state index in [1.165, 1.54) is 0 Å². The molecule has 1 saturated heterocycles. The van der Waals surface area contributed by atoms with Crippen LogP contribution in [-0.4, -0.2) is 48.1 Å². The van der Waals surface area contributed by atoms with Gasteiger partial charge in [0.15, 0.2) is 0 Å². The first kappa shape index (κ1) is 14.0. The van der Waals surface area contributed by atoms with Gasteiger partial charge >= 0.3 is 0 Å². The molecule has 2 heterocycles. The molecule has 1 aromatic rings. The molecule has 1 aliphatic heterocycles. The van der Waals surface area contributed by atoms with Gasteiger partial charge in [0.2, 0.25) is 5.91 Å². The Kier molecular flexibility index (Phi) is 4.87. The maximum Gasteiger partial charge on any atom is 0.242 e. The summed E-state index contributed by atoms with van der Waals surface area (Å²) in [6.45, 7) is 7.03. The number of hydrogen-bond donors (Lipinski definition) is 1. The summed E-state index contributed by atoms with van der Waals surface area (Å²) in [4.78, 5) is 18.6. The topological polar surface area (TPSA) is 54.5 Å². The average Bonchev–Trinajstić information content (AvgIpc) is 2.45. The number of nitrogens with zero attached hydrogens (tertiary/aromatic N) is 2. The van der Waals surface area contributed by atoms with Crippen LogP contribution in [0.25, 0.3) is 0 Å². The molecule has 0 aliphatic carbocycles. The van der Waals surface area contributed by atoms with Crippen molar-refractivity contribution in [2.24, 2.45) is 0 Å². The second-order valence-electron chi connectivity index (χ2n) is 4.70. The largest absolute Gasteiger partial charge is 0.378 e. The third kappa shape index (κ3) is 3.75. The Morgan fingerprint density at radius 3 is 3.05 bits per heavy atom. The van der Waals surface area contributed by atoms with Crippen LogP contribution in [0.1, 0.15) is 18.3 Å². The molecule has 0 bridgehead atoms. The van der Waals surface area contributed by atoms with Gasteiger partial charge in [-0.2, -0.15) is 0 Å². The van der Waals surface area contributed by atoms with Gasteiger partial charge in [0, 0.05) is 18.8 Å². The molecule has 1 amide bonds. The minimum Gasteiger partial charge on any atom is -0.378 e. The first-order valence-corrected chi connectivity index (χ1v) is 6.73. The van der Waals surface area contributed by atoms with Crippen molar-refractivity contribution in [3.8, 4) is 0 Å². The van der Waals surface area contributed by atoms with Crippen LogP contribution in [0.2, 0.25) is 0 Å². The van der Waals surface area contributed by atoms with E-state index in [0.29, 0.717) is 26.3 Å². The van der Waals surface area contributed by atoms with E-state index in [2.05, 4.69) is 10.3 Å². The molecule has 1 atom stereocenters. The van der Waals surface area contributed by atoms with Crippen LogP contribution in [0.15, 0.2) is 18.2 Å². The number of ether oxygens (including phenoxy) is 1. The van der Waals surface area contributed by atoms with Gasteiger partial charge in [-0.1, -0.05) is 6.07 Å². The van der Waals surface area contributed by atoms with E-state index in [0.717, 1.165) is 17.9 Å².